The predicted octanol–water partition coefficient (Wildman–Crippen LogP) is 6.64. The summed E-state index contributed by atoms with van der Waals surface area (Å²) in [5.74, 6) is 1.27. The first-order valence-corrected chi connectivity index (χ1v) is 10.9. The third-order valence-corrected chi connectivity index (χ3v) is 6.87. The zero-order chi connectivity index (χ0) is 19.2. The van der Waals surface area contributed by atoms with Gasteiger partial charge in [0, 0.05) is 19.6 Å². The number of halogens is 1. The molecule has 1 aromatic carbocycles. The summed E-state index contributed by atoms with van der Waals surface area (Å²) in [5.41, 5.74) is 4.11. The Bertz CT molecular complexity index is 710. The minimum Gasteiger partial charge on any atom is -0.299 e. The highest BCUT2D eigenvalue weighted by atomic mass is 19.1. The van der Waals surface area contributed by atoms with Crippen LogP contribution in [0.25, 0.3) is 5.57 Å². The van der Waals surface area contributed by atoms with Crippen molar-refractivity contribution in [3.63, 3.8) is 0 Å². The monoisotopic (exact) mass is 369 g/mol. The van der Waals surface area contributed by atoms with Gasteiger partial charge in [-0.05, 0) is 84.0 Å². The Balaban J connectivity index is 1.61. The van der Waals surface area contributed by atoms with Gasteiger partial charge in [-0.3, -0.25) is 4.90 Å². The molecule has 0 saturated heterocycles. The van der Waals surface area contributed by atoms with E-state index in [1.165, 1.54) is 36.9 Å². The topological polar surface area (TPSA) is 3.24 Å². The molecule has 0 atom stereocenters. The summed E-state index contributed by atoms with van der Waals surface area (Å²) in [6.45, 7) is 12.8. The molecule has 2 saturated carbocycles. The standard InChI is InChI=1S/C25H36FN/c1-24(2)14-20(15-25(3,4)17-24)23-21(6-5-7-22(23)26)19-10-12-27(13-11-19)16-18-8-9-18/h5-7,10,18,20H,8-9,11-17H2,1-4H3. The van der Waals surface area contributed by atoms with Gasteiger partial charge in [-0.25, -0.2) is 4.39 Å². The summed E-state index contributed by atoms with van der Waals surface area (Å²) in [5, 5.41) is 0. The van der Waals surface area contributed by atoms with Gasteiger partial charge >= 0.3 is 0 Å². The lowest BCUT2D eigenvalue weighted by Crippen LogP contribution is -2.34. The van der Waals surface area contributed by atoms with Crippen molar-refractivity contribution >= 4 is 5.57 Å². The molecule has 0 amide bonds. The quantitative estimate of drug-likeness (QED) is 0.574. The van der Waals surface area contributed by atoms with Crippen LogP contribution in [0, 0.1) is 22.6 Å². The summed E-state index contributed by atoms with van der Waals surface area (Å²) in [7, 11) is 0. The van der Waals surface area contributed by atoms with Crippen molar-refractivity contribution in [1.82, 2.24) is 4.90 Å². The highest BCUT2D eigenvalue weighted by Gasteiger charge is 2.40. The predicted molar refractivity (Wildman–Crippen MR) is 112 cm³/mol. The Morgan fingerprint density at radius 2 is 1.78 bits per heavy atom. The fourth-order valence-corrected chi connectivity index (χ4v) is 6.07. The molecule has 1 aliphatic heterocycles. The molecule has 2 fully saturated rings. The molecule has 0 unspecified atom stereocenters. The molecule has 0 aromatic heterocycles. The second kappa shape index (κ2) is 7.03. The summed E-state index contributed by atoms with van der Waals surface area (Å²) >= 11 is 0. The molecule has 0 spiro atoms. The SMILES string of the molecule is CC1(C)CC(c2c(F)cccc2C2=CCN(CC3CC3)CC2)CC(C)(C)C1. The van der Waals surface area contributed by atoms with Crippen LogP contribution in [0.1, 0.15) is 83.3 Å². The van der Waals surface area contributed by atoms with Crippen molar-refractivity contribution in [2.75, 3.05) is 19.6 Å². The van der Waals surface area contributed by atoms with Gasteiger partial charge in [0.2, 0.25) is 0 Å². The number of hydrogen-bond acceptors (Lipinski definition) is 1. The number of nitrogens with zero attached hydrogens (tertiary/aromatic N) is 1. The second-order valence-electron chi connectivity index (χ2n) is 11.0. The number of benzene rings is 1. The molecule has 4 rings (SSSR count). The van der Waals surface area contributed by atoms with Crippen LogP contribution in [-0.4, -0.2) is 24.5 Å². The molecule has 1 aromatic rings. The molecule has 0 bridgehead atoms. The van der Waals surface area contributed by atoms with E-state index in [0.717, 1.165) is 43.8 Å². The van der Waals surface area contributed by atoms with E-state index in [4.69, 9.17) is 0 Å². The second-order valence-corrected chi connectivity index (χ2v) is 11.0. The molecular weight excluding hydrogens is 333 g/mol. The Kier molecular flexibility index (Phi) is 4.99. The van der Waals surface area contributed by atoms with E-state index in [0.29, 0.717) is 5.92 Å². The van der Waals surface area contributed by atoms with Gasteiger partial charge in [-0.15, -0.1) is 0 Å². The average molecular weight is 370 g/mol. The minimum atomic E-state index is 0.00677. The molecule has 2 heteroatoms. The summed E-state index contributed by atoms with van der Waals surface area (Å²) < 4.78 is 15.1. The lowest BCUT2D eigenvalue weighted by molar-refractivity contribution is 0.0956. The van der Waals surface area contributed by atoms with E-state index in [1.54, 1.807) is 6.07 Å². The Morgan fingerprint density at radius 1 is 1.07 bits per heavy atom. The molecule has 3 aliphatic rings. The molecule has 27 heavy (non-hydrogen) atoms. The van der Waals surface area contributed by atoms with Crippen molar-refractivity contribution in [3.05, 3.63) is 41.2 Å². The summed E-state index contributed by atoms with van der Waals surface area (Å²) in [4.78, 5) is 2.58. The Labute approximate surface area is 165 Å². The third kappa shape index (κ3) is 4.47. The lowest BCUT2D eigenvalue weighted by Gasteiger charge is -2.45. The van der Waals surface area contributed by atoms with Gasteiger partial charge in [-0.1, -0.05) is 45.9 Å². The molecular formula is C25H36FN. The van der Waals surface area contributed by atoms with E-state index < -0.39 is 0 Å². The van der Waals surface area contributed by atoms with Crippen molar-refractivity contribution in [2.45, 2.75) is 72.1 Å². The van der Waals surface area contributed by atoms with E-state index in [1.807, 2.05) is 6.07 Å². The molecule has 0 N–H and O–H groups in total. The van der Waals surface area contributed by atoms with Crippen LogP contribution >= 0.6 is 0 Å². The molecule has 1 heterocycles. The Hall–Kier alpha value is -1.15. The van der Waals surface area contributed by atoms with Gasteiger partial charge in [-0.2, -0.15) is 0 Å². The first-order chi connectivity index (χ1) is 12.7. The fraction of sp³-hybridized carbons (Fsp3) is 0.680. The minimum absolute atomic E-state index is 0.00677. The maximum absolute atomic E-state index is 15.1. The highest BCUT2D eigenvalue weighted by molar-refractivity contribution is 5.70. The smallest absolute Gasteiger partial charge is 0.127 e. The van der Waals surface area contributed by atoms with Crippen LogP contribution in [0.2, 0.25) is 0 Å². The van der Waals surface area contributed by atoms with Gasteiger partial charge in [0.05, 0.1) is 0 Å². The Morgan fingerprint density at radius 3 is 2.37 bits per heavy atom. The van der Waals surface area contributed by atoms with E-state index in [9.17, 15) is 0 Å². The normalized spacial score (nSPS) is 26.0. The highest BCUT2D eigenvalue weighted by Crippen LogP contribution is 2.53. The molecule has 0 radical (unpaired) electrons. The maximum atomic E-state index is 15.1. The van der Waals surface area contributed by atoms with Gasteiger partial charge in [0.25, 0.3) is 0 Å². The number of hydrogen-bond donors (Lipinski definition) is 0. The molecule has 2 aliphatic carbocycles. The van der Waals surface area contributed by atoms with E-state index >= 15 is 4.39 Å². The molecule has 148 valence electrons. The van der Waals surface area contributed by atoms with Crippen LogP contribution in [0.4, 0.5) is 4.39 Å². The van der Waals surface area contributed by atoms with Gasteiger partial charge in [0.1, 0.15) is 5.82 Å². The van der Waals surface area contributed by atoms with Crippen LogP contribution in [0.3, 0.4) is 0 Å². The van der Waals surface area contributed by atoms with Crippen LogP contribution < -0.4 is 0 Å². The largest absolute Gasteiger partial charge is 0.299 e. The maximum Gasteiger partial charge on any atom is 0.127 e. The van der Waals surface area contributed by atoms with E-state index in [2.05, 4.69) is 44.7 Å². The molecule has 1 nitrogen and oxygen atoms in total. The van der Waals surface area contributed by atoms with Crippen LogP contribution in [-0.2, 0) is 0 Å². The van der Waals surface area contributed by atoms with Crippen molar-refractivity contribution in [2.24, 2.45) is 16.7 Å². The zero-order valence-electron chi connectivity index (χ0n) is 17.7. The fourth-order valence-electron chi connectivity index (χ4n) is 6.07. The van der Waals surface area contributed by atoms with E-state index in [-0.39, 0.29) is 16.6 Å². The first-order valence-electron chi connectivity index (χ1n) is 10.9. The van der Waals surface area contributed by atoms with Crippen LogP contribution in [0.5, 0.6) is 0 Å². The third-order valence-electron chi connectivity index (χ3n) is 6.87. The summed E-state index contributed by atoms with van der Waals surface area (Å²) in [6, 6.07) is 5.76. The first kappa shape index (κ1) is 19.2. The van der Waals surface area contributed by atoms with Crippen molar-refractivity contribution < 1.29 is 4.39 Å². The zero-order valence-corrected chi connectivity index (χ0v) is 17.7. The lowest BCUT2D eigenvalue weighted by atomic mass is 9.59. The van der Waals surface area contributed by atoms with Crippen LogP contribution in [0.15, 0.2) is 24.3 Å². The number of rotatable bonds is 4. The van der Waals surface area contributed by atoms with Crippen molar-refractivity contribution in [1.29, 1.82) is 0 Å². The summed E-state index contributed by atoms with van der Waals surface area (Å²) in [6.07, 6.45) is 9.66. The van der Waals surface area contributed by atoms with Gasteiger partial charge in [0.15, 0.2) is 0 Å². The van der Waals surface area contributed by atoms with Crippen molar-refractivity contribution in [3.8, 4) is 0 Å². The average Bonchev–Trinajstić information content (AvgIpc) is 3.36. The van der Waals surface area contributed by atoms with Gasteiger partial charge < -0.3 is 0 Å².